The summed E-state index contributed by atoms with van der Waals surface area (Å²) in [6.07, 6.45) is 1.65. The zero-order valence-corrected chi connectivity index (χ0v) is 8.33. The lowest BCUT2D eigenvalue weighted by Crippen LogP contribution is -2.19. The highest BCUT2D eigenvalue weighted by Gasteiger charge is 2.09. The highest BCUT2D eigenvalue weighted by Crippen LogP contribution is 2.13. The van der Waals surface area contributed by atoms with Crippen LogP contribution in [0.15, 0.2) is 12.3 Å². The average Bonchev–Trinajstić information content (AvgIpc) is 2.00. The molecular weight excluding hydrogens is 164 g/mol. The Kier molecular flexibility index (Phi) is 2.70. The molecule has 1 heterocycles. The van der Waals surface area contributed by atoms with E-state index in [0.29, 0.717) is 5.95 Å². The molecule has 1 rings (SSSR count). The lowest BCUT2D eigenvalue weighted by Gasteiger charge is -2.18. The first-order chi connectivity index (χ1) is 5.97. The third-order valence-corrected chi connectivity index (χ3v) is 1.47. The summed E-state index contributed by atoms with van der Waals surface area (Å²) in [5.41, 5.74) is 5.67. The van der Waals surface area contributed by atoms with Crippen molar-refractivity contribution in [2.45, 2.75) is 20.8 Å². The zero-order chi connectivity index (χ0) is 9.90. The minimum atomic E-state index is 0.236. The Morgan fingerprint density at radius 1 is 1.46 bits per heavy atom. The van der Waals surface area contributed by atoms with Gasteiger partial charge in [0.25, 0.3) is 0 Å². The Labute approximate surface area is 78.6 Å². The van der Waals surface area contributed by atoms with E-state index in [-0.39, 0.29) is 5.41 Å². The normalized spacial score (nSPS) is 11.3. The second-order valence-electron chi connectivity index (χ2n) is 4.21. The standard InChI is InChI=1S/C9H16N4/c1-9(2,3)6-12-7-4-5-11-8(10)13-7/h4-5H,6H2,1-3H3,(H3,10,11,12,13). The molecule has 0 aliphatic rings. The molecule has 72 valence electrons. The van der Waals surface area contributed by atoms with E-state index in [0.717, 1.165) is 12.4 Å². The van der Waals surface area contributed by atoms with Crippen LogP contribution in [0.4, 0.5) is 11.8 Å². The van der Waals surface area contributed by atoms with Crippen molar-refractivity contribution in [3.8, 4) is 0 Å². The van der Waals surface area contributed by atoms with E-state index in [1.54, 1.807) is 6.20 Å². The number of anilines is 2. The first-order valence-corrected chi connectivity index (χ1v) is 4.30. The van der Waals surface area contributed by atoms with Gasteiger partial charge in [-0.25, -0.2) is 4.98 Å². The molecule has 0 amide bonds. The smallest absolute Gasteiger partial charge is 0.221 e. The van der Waals surface area contributed by atoms with Gasteiger partial charge in [0, 0.05) is 12.7 Å². The molecule has 0 atom stereocenters. The van der Waals surface area contributed by atoms with E-state index in [1.807, 2.05) is 6.07 Å². The number of nitrogens with one attached hydrogen (secondary N) is 1. The Balaban J connectivity index is 2.55. The Morgan fingerprint density at radius 3 is 2.69 bits per heavy atom. The summed E-state index contributed by atoms with van der Waals surface area (Å²) >= 11 is 0. The largest absolute Gasteiger partial charge is 0.369 e. The van der Waals surface area contributed by atoms with Gasteiger partial charge in [0.05, 0.1) is 0 Å². The second-order valence-corrected chi connectivity index (χ2v) is 4.21. The second kappa shape index (κ2) is 3.60. The summed E-state index contributed by atoms with van der Waals surface area (Å²) in [6.45, 7) is 7.34. The van der Waals surface area contributed by atoms with Crippen LogP contribution in [0.2, 0.25) is 0 Å². The van der Waals surface area contributed by atoms with Crippen LogP contribution in [0.5, 0.6) is 0 Å². The van der Waals surface area contributed by atoms with Gasteiger partial charge in [-0.3, -0.25) is 0 Å². The van der Waals surface area contributed by atoms with Crippen LogP contribution < -0.4 is 11.1 Å². The lowest BCUT2D eigenvalue weighted by molar-refractivity contribution is 0.442. The average molecular weight is 180 g/mol. The molecule has 13 heavy (non-hydrogen) atoms. The van der Waals surface area contributed by atoms with E-state index in [9.17, 15) is 0 Å². The first-order valence-electron chi connectivity index (χ1n) is 4.30. The van der Waals surface area contributed by atoms with Crippen LogP contribution in [0, 0.1) is 5.41 Å². The predicted molar refractivity (Wildman–Crippen MR) is 54.4 cm³/mol. The monoisotopic (exact) mass is 180 g/mol. The van der Waals surface area contributed by atoms with Crippen LogP contribution in [0.1, 0.15) is 20.8 Å². The van der Waals surface area contributed by atoms with E-state index < -0.39 is 0 Å². The van der Waals surface area contributed by atoms with Crippen molar-refractivity contribution in [1.82, 2.24) is 9.97 Å². The van der Waals surface area contributed by atoms with Crippen LogP contribution in [-0.2, 0) is 0 Å². The molecular formula is C9H16N4. The molecule has 0 aromatic carbocycles. The summed E-state index contributed by atoms with van der Waals surface area (Å²) in [4.78, 5) is 7.84. The van der Waals surface area contributed by atoms with Gasteiger partial charge in [-0.15, -0.1) is 0 Å². The minimum absolute atomic E-state index is 0.236. The molecule has 0 aliphatic heterocycles. The maximum atomic E-state index is 5.44. The highest BCUT2D eigenvalue weighted by molar-refractivity contribution is 5.37. The van der Waals surface area contributed by atoms with Gasteiger partial charge in [0.2, 0.25) is 5.95 Å². The van der Waals surface area contributed by atoms with Crippen molar-refractivity contribution >= 4 is 11.8 Å². The van der Waals surface area contributed by atoms with Gasteiger partial charge in [-0.1, -0.05) is 20.8 Å². The fourth-order valence-electron chi connectivity index (χ4n) is 0.828. The number of nitrogen functional groups attached to an aromatic ring is 1. The molecule has 0 unspecified atom stereocenters. The molecule has 0 fully saturated rings. The molecule has 0 saturated carbocycles. The highest BCUT2D eigenvalue weighted by atomic mass is 15.1. The molecule has 0 spiro atoms. The maximum Gasteiger partial charge on any atom is 0.221 e. The Hall–Kier alpha value is -1.32. The quantitative estimate of drug-likeness (QED) is 0.724. The summed E-state index contributed by atoms with van der Waals surface area (Å²) in [7, 11) is 0. The lowest BCUT2D eigenvalue weighted by atomic mass is 9.97. The van der Waals surface area contributed by atoms with E-state index in [4.69, 9.17) is 5.73 Å². The van der Waals surface area contributed by atoms with Crippen molar-refractivity contribution in [1.29, 1.82) is 0 Å². The van der Waals surface area contributed by atoms with Crippen LogP contribution in [0.3, 0.4) is 0 Å². The Morgan fingerprint density at radius 2 is 2.15 bits per heavy atom. The number of nitrogens with zero attached hydrogens (tertiary/aromatic N) is 2. The van der Waals surface area contributed by atoms with E-state index in [2.05, 4.69) is 36.1 Å². The summed E-state index contributed by atoms with van der Waals surface area (Å²) in [5.74, 6) is 1.08. The van der Waals surface area contributed by atoms with Crippen LogP contribution >= 0.6 is 0 Å². The van der Waals surface area contributed by atoms with Gasteiger partial charge in [-0.05, 0) is 11.5 Å². The molecule has 4 nitrogen and oxygen atoms in total. The predicted octanol–water partition coefficient (Wildman–Crippen LogP) is 1.52. The molecule has 3 N–H and O–H groups in total. The van der Waals surface area contributed by atoms with Crippen LogP contribution in [-0.4, -0.2) is 16.5 Å². The summed E-state index contributed by atoms with van der Waals surface area (Å²) < 4.78 is 0. The Bertz CT molecular complexity index is 277. The summed E-state index contributed by atoms with van der Waals surface area (Å²) in [6, 6.07) is 1.81. The molecule has 0 aliphatic carbocycles. The SMILES string of the molecule is CC(C)(C)CNc1ccnc(N)n1. The van der Waals surface area contributed by atoms with Crippen molar-refractivity contribution in [3.63, 3.8) is 0 Å². The third-order valence-electron chi connectivity index (χ3n) is 1.47. The van der Waals surface area contributed by atoms with Gasteiger partial charge < -0.3 is 11.1 Å². The number of hydrogen-bond donors (Lipinski definition) is 2. The molecule has 0 saturated heterocycles. The van der Waals surface area contributed by atoms with Crippen molar-refractivity contribution in [2.75, 3.05) is 17.6 Å². The third kappa shape index (κ3) is 3.73. The topological polar surface area (TPSA) is 63.8 Å². The fourth-order valence-corrected chi connectivity index (χ4v) is 0.828. The molecule has 1 aromatic rings. The molecule has 0 radical (unpaired) electrons. The van der Waals surface area contributed by atoms with Gasteiger partial charge >= 0.3 is 0 Å². The molecule has 0 bridgehead atoms. The van der Waals surface area contributed by atoms with Gasteiger partial charge in [0.1, 0.15) is 5.82 Å². The van der Waals surface area contributed by atoms with E-state index in [1.165, 1.54) is 0 Å². The fraction of sp³-hybridized carbons (Fsp3) is 0.556. The minimum Gasteiger partial charge on any atom is -0.369 e. The first kappa shape index (κ1) is 9.77. The van der Waals surface area contributed by atoms with Crippen molar-refractivity contribution in [3.05, 3.63) is 12.3 Å². The number of hydrogen-bond acceptors (Lipinski definition) is 4. The summed E-state index contributed by atoms with van der Waals surface area (Å²) in [5, 5.41) is 3.19. The van der Waals surface area contributed by atoms with Gasteiger partial charge in [0.15, 0.2) is 0 Å². The number of rotatable bonds is 2. The van der Waals surface area contributed by atoms with Crippen molar-refractivity contribution in [2.24, 2.45) is 5.41 Å². The zero-order valence-electron chi connectivity index (χ0n) is 8.33. The van der Waals surface area contributed by atoms with Gasteiger partial charge in [-0.2, -0.15) is 4.98 Å². The molecule has 1 aromatic heterocycles. The van der Waals surface area contributed by atoms with Crippen LogP contribution in [0.25, 0.3) is 0 Å². The molecule has 4 heteroatoms. The number of nitrogens with two attached hydrogens (primary N) is 1. The van der Waals surface area contributed by atoms with E-state index >= 15 is 0 Å². The maximum absolute atomic E-state index is 5.44. The van der Waals surface area contributed by atoms with Crippen molar-refractivity contribution < 1.29 is 0 Å². The number of aromatic nitrogens is 2.